The molecule has 0 aliphatic heterocycles. The van der Waals surface area contributed by atoms with Crippen LogP contribution in [0.4, 0.5) is 5.69 Å². The standard InChI is InChI=1S/C27H27ClN4O6/c1-17(2)25(30-26(33)19-10-7-11-21(28)12-19)27(34)31-29-15-20-13-23(37-3)24(14-22(20)32(35)36)38-16-18-8-5-4-6-9-18/h4-15,17,25H,16H2,1-3H3,(H,30,33)(H,31,34). The lowest BCUT2D eigenvalue weighted by atomic mass is 10.0. The van der Waals surface area contributed by atoms with Crippen LogP contribution in [0.1, 0.15) is 35.3 Å². The average molecular weight is 539 g/mol. The van der Waals surface area contributed by atoms with Crippen LogP contribution in [0.15, 0.2) is 71.8 Å². The number of hydrazone groups is 1. The van der Waals surface area contributed by atoms with Gasteiger partial charge in [-0.25, -0.2) is 5.43 Å². The fourth-order valence-electron chi connectivity index (χ4n) is 3.46. The zero-order valence-corrected chi connectivity index (χ0v) is 21.8. The van der Waals surface area contributed by atoms with Gasteiger partial charge in [0.1, 0.15) is 12.6 Å². The van der Waals surface area contributed by atoms with Crippen molar-refractivity contribution in [2.45, 2.75) is 26.5 Å². The highest BCUT2D eigenvalue weighted by Gasteiger charge is 2.25. The van der Waals surface area contributed by atoms with Crippen LogP contribution in [0.5, 0.6) is 11.5 Å². The van der Waals surface area contributed by atoms with Crippen molar-refractivity contribution in [2.24, 2.45) is 11.0 Å². The van der Waals surface area contributed by atoms with Gasteiger partial charge in [-0.2, -0.15) is 5.10 Å². The van der Waals surface area contributed by atoms with Gasteiger partial charge in [-0.05, 0) is 35.7 Å². The number of benzene rings is 3. The zero-order valence-electron chi connectivity index (χ0n) is 21.0. The van der Waals surface area contributed by atoms with Gasteiger partial charge in [-0.15, -0.1) is 0 Å². The Kier molecular flexibility index (Phi) is 9.78. The summed E-state index contributed by atoms with van der Waals surface area (Å²) >= 11 is 5.95. The normalized spacial score (nSPS) is 11.7. The molecule has 0 bridgehead atoms. The maximum atomic E-state index is 12.8. The number of nitrogens with one attached hydrogen (secondary N) is 2. The molecule has 3 aromatic rings. The van der Waals surface area contributed by atoms with Crippen molar-refractivity contribution in [3.63, 3.8) is 0 Å². The number of hydrogen-bond acceptors (Lipinski definition) is 7. The summed E-state index contributed by atoms with van der Waals surface area (Å²) in [6, 6.07) is 17.4. The van der Waals surface area contributed by atoms with Crippen LogP contribution in [0.2, 0.25) is 5.02 Å². The number of nitro benzene ring substituents is 1. The van der Waals surface area contributed by atoms with E-state index >= 15 is 0 Å². The summed E-state index contributed by atoms with van der Waals surface area (Å²) in [7, 11) is 1.41. The second-order valence-electron chi connectivity index (χ2n) is 8.53. The van der Waals surface area contributed by atoms with Crippen LogP contribution in [0, 0.1) is 16.0 Å². The molecular weight excluding hydrogens is 512 g/mol. The third kappa shape index (κ3) is 7.53. The molecule has 0 heterocycles. The van der Waals surface area contributed by atoms with Gasteiger partial charge < -0.3 is 14.8 Å². The third-order valence-corrected chi connectivity index (χ3v) is 5.68. The van der Waals surface area contributed by atoms with E-state index in [2.05, 4.69) is 15.8 Å². The predicted octanol–water partition coefficient (Wildman–Crippen LogP) is 4.74. The van der Waals surface area contributed by atoms with Crippen molar-refractivity contribution in [1.82, 2.24) is 10.7 Å². The van der Waals surface area contributed by atoms with Crippen LogP contribution in [-0.4, -0.2) is 36.1 Å². The first-order chi connectivity index (χ1) is 18.2. The fourth-order valence-corrected chi connectivity index (χ4v) is 3.65. The highest BCUT2D eigenvalue weighted by atomic mass is 35.5. The summed E-state index contributed by atoms with van der Waals surface area (Å²) in [4.78, 5) is 36.5. The number of nitro groups is 1. The maximum absolute atomic E-state index is 12.8. The van der Waals surface area contributed by atoms with Crippen molar-refractivity contribution in [1.29, 1.82) is 0 Å². The summed E-state index contributed by atoms with van der Waals surface area (Å²) in [5.74, 6) is -0.898. The molecule has 0 spiro atoms. The quantitative estimate of drug-likeness (QED) is 0.206. The Morgan fingerprint density at radius 2 is 1.82 bits per heavy atom. The lowest BCUT2D eigenvalue weighted by Gasteiger charge is -2.20. The van der Waals surface area contributed by atoms with Crippen LogP contribution >= 0.6 is 11.6 Å². The van der Waals surface area contributed by atoms with E-state index in [-0.39, 0.29) is 35.3 Å². The largest absolute Gasteiger partial charge is 0.493 e. The number of carbonyl (C=O) groups excluding carboxylic acids is 2. The number of carbonyl (C=O) groups is 2. The van der Waals surface area contributed by atoms with Gasteiger partial charge in [0.15, 0.2) is 11.5 Å². The summed E-state index contributed by atoms with van der Waals surface area (Å²) in [6.07, 6.45) is 1.13. The van der Waals surface area contributed by atoms with E-state index in [1.807, 2.05) is 30.3 Å². The zero-order chi connectivity index (χ0) is 27.7. The molecule has 11 heteroatoms. The highest BCUT2D eigenvalue weighted by Crippen LogP contribution is 2.34. The van der Waals surface area contributed by atoms with Crippen molar-refractivity contribution in [2.75, 3.05) is 7.11 Å². The first kappa shape index (κ1) is 28.1. The Morgan fingerprint density at radius 1 is 1.08 bits per heavy atom. The molecule has 38 heavy (non-hydrogen) atoms. The van der Waals surface area contributed by atoms with Crippen molar-refractivity contribution in [3.8, 4) is 11.5 Å². The number of nitrogens with zero attached hydrogens (tertiary/aromatic N) is 2. The van der Waals surface area contributed by atoms with Crippen LogP contribution < -0.4 is 20.2 Å². The van der Waals surface area contributed by atoms with E-state index in [0.717, 1.165) is 11.8 Å². The Bertz CT molecular complexity index is 1330. The highest BCUT2D eigenvalue weighted by molar-refractivity contribution is 6.31. The molecule has 0 radical (unpaired) electrons. The molecule has 0 aliphatic carbocycles. The number of hydrogen-bond donors (Lipinski definition) is 2. The third-order valence-electron chi connectivity index (χ3n) is 5.45. The Morgan fingerprint density at radius 3 is 2.45 bits per heavy atom. The topological polar surface area (TPSA) is 132 Å². The average Bonchev–Trinajstić information content (AvgIpc) is 2.90. The molecule has 0 fully saturated rings. The van der Waals surface area contributed by atoms with E-state index in [1.54, 1.807) is 32.0 Å². The second-order valence-corrected chi connectivity index (χ2v) is 8.97. The fraction of sp³-hybridized carbons (Fsp3) is 0.222. The number of ether oxygens (including phenoxy) is 2. The Hall–Kier alpha value is -4.44. The van der Waals surface area contributed by atoms with Crippen molar-refractivity contribution in [3.05, 3.63) is 98.6 Å². The lowest BCUT2D eigenvalue weighted by molar-refractivity contribution is -0.385. The molecule has 3 rings (SSSR count). The van der Waals surface area contributed by atoms with Gasteiger partial charge in [0.05, 0.1) is 29.9 Å². The van der Waals surface area contributed by atoms with E-state index < -0.39 is 22.8 Å². The SMILES string of the molecule is COc1cc(C=NNC(=O)C(NC(=O)c2cccc(Cl)c2)C(C)C)c([N+](=O)[O-])cc1OCc1ccccc1. The van der Waals surface area contributed by atoms with Crippen molar-refractivity contribution >= 4 is 35.3 Å². The Balaban J connectivity index is 1.74. The van der Waals surface area contributed by atoms with E-state index in [1.165, 1.54) is 25.3 Å². The second kappa shape index (κ2) is 13.2. The van der Waals surface area contributed by atoms with Crippen LogP contribution in [-0.2, 0) is 11.4 Å². The van der Waals surface area contributed by atoms with Crippen LogP contribution in [0.3, 0.4) is 0 Å². The minimum absolute atomic E-state index is 0.0864. The molecule has 2 amide bonds. The van der Waals surface area contributed by atoms with E-state index in [4.69, 9.17) is 21.1 Å². The summed E-state index contributed by atoms with van der Waals surface area (Å²) in [5, 5.41) is 18.7. The van der Waals surface area contributed by atoms with E-state index in [9.17, 15) is 19.7 Å². The maximum Gasteiger partial charge on any atom is 0.282 e. The van der Waals surface area contributed by atoms with Gasteiger partial charge in [-0.1, -0.05) is 61.8 Å². The predicted molar refractivity (Wildman–Crippen MR) is 144 cm³/mol. The number of amides is 2. The number of rotatable bonds is 11. The summed E-state index contributed by atoms with van der Waals surface area (Å²) in [5.41, 5.74) is 3.32. The molecular formula is C27H27ClN4O6. The number of halogens is 1. The van der Waals surface area contributed by atoms with Gasteiger partial charge in [-0.3, -0.25) is 19.7 Å². The lowest BCUT2D eigenvalue weighted by Crippen LogP contribution is -2.48. The summed E-state index contributed by atoms with van der Waals surface area (Å²) in [6.45, 7) is 3.71. The number of methoxy groups -OCH3 is 1. The molecule has 2 N–H and O–H groups in total. The molecule has 10 nitrogen and oxygen atoms in total. The molecule has 1 unspecified atom stereocenters. The smallest absolute Gasteiger partial charge is 0.282 e. The molecule has 0 aliphatic rings. The molecule has 1 atom stereocenters. The van der Waals surface area contributed by atoms with Gasteiger partial charge >= 0.3 is 0 Å². The first-order valence-electron chi connectivity index (χ1n) is 11.6. The minimum Gasteiger partial charge on any atom is -0.493 e. The molecule has 3 aromatic carbocycles. The molecule has 0 saturated carbocycles. The molecule has 0 saturated heterocycles. The monoisotopic (exact) mass is 538 g/mol. The van der Waals surface area contributed by atoms with Gasteiger partial charge in [0.25, 0.3) is 17.5 Å². The first-order valence-corrected chi connectivity index (χ1v) is 12.0. The van der Waals surface area contributed by atoms with Gasteiger partial charge in [0, 0.05) is 10.6 Å². The van der Waals surface area contributed by atoms with E-state index in [0.29, 0.717) is 10.6 Å². The molecule has 198 valence electrons. The molecule has 0 aromatic heterocycles. The Labute approximate surface area is 224 Å². The van der Waals surface area contributed by atoms with Crippen molar-refractivity contribution < 1.29 is 24.0 Å². The van der Waals surface area contributed by atoms with Crippen LogP contribution in [0.25, 0.3) is 0 Å². The van der Waals surface area contributed by atoms with Gasteiger partial charge in [0.2, 0.25) is 0 Å². The summed E-state index contributed by atoms with van der Waals surface area (Å²) < 4.78 is 11.1. The minimum atomic E-state index is -0.920.